The predicted molar refractivity (Wildman–Crippen MR) is 121 cm³/mol. The van der Waals surface area contributed by atoms with E-state index < -0.39 is 0 Å². The molecule has 0 radical (unpaired) electrons. The molecule has 1 heterocycles. The molecule has 2 aliphatic rings. The minimum absolute atomic E-state index is 0.218. The van der Waals surface area contributed by atoms with Crippen molar-refractivity contribution in [3.8, 4) is 11.5 Å². The number of morpholine rings is 1. The van der Waals surface area contributed by atoms with Crippen molar-refractivity contribution < 1.29 is 14.2 Å². The Morgan fingerprint density at radius 1 is 1.10 bits per heavy atom. The molecule has 168 valence electrons. The van der Waals surface area contributed by atoms with E-state index in [2.05, 4.69) is 20.5 Å². The SMILES string of the molecule is CN=C(NCCc1cc(OC)ccc1OC)NCC1(N2CCOCC2)CCCCC1. The number of hydrogen-bond acceptors (Lipinski definition) is 5. The van der Waals surface area contributed by atoms with Crippen LogP contribution in [0.3, 0.4) is 0 Å². The van der Waals surface area contributed by atoms with Crippen molar-refractivity contribution in [1.82, 2.24) is 15.5 Å². The van der Waals surface area contributed by atoms with Crippen LogP contribution >= 0.6 is 0 Å². The first-order chi connectivity index (χ1) is 14.7. The standard InChI is InChI=1S/C23H38N4O3/c1-24-22(25-12-9-19-17-20(28-2)7-8-21(19)29-3)26-18-23(10-5-4-6-11-23)27-13-15-30-16-14-27/h7-8,17H,4-6,9-16,18H2,1-3H3,(H2,24,25,26). The molecule has 1 saturated carbocycles. The van der Waals surface area contributed by atoms with Gasteiger partial charge in [-0.3, -0.25) is 9.89 Å². The van der Waals surface area contributed by atoms with Crippen LogP contribution in [0.2, 0.25) is 0 Å². The Labute approximate surface area is 181 Å². The van der Waals surface area contributed by atoms with Gasteiger partial charge in [-0.1, -0.05) is 19.3 Å². The lowest BCUT2D eigenvalue weighted by molar-refractivity contribution is -0.0352. The van der Waals surface area contributed by atoms with Gasteiger partial charge in [0, 0.05) is 38.8 Å². The minimum Gasteiger partial charge on any atom is -0.497 e. The molecule has 3 rings (SSSR count). The van der Waals surface area contributed by atoms with Gasteiger partial charge in [0.2, 0.25) is 0 Å². The van der Waals surface area contributed by atoms with Gasteiger partial charge in [-0.05, 0) is 43.0 Å². The third kappa shape index (κ3) is 5.79. The summed E-state index contributed by atoms with van der Waals surface area (Å²) in [5.41, 5.74) is 1.34. The molecular formula is C23H38N4O3. The Bertz CT molecular complexity index is 683. The fourth-order valence-corrected chi connectivity index (χ4v) is 4.71. The number of guanidine groups is 1. The summed E-state index contributed by atoms with van der Waals surface area (Å²) in [5.74, 6) is 2.59. The van der Waals surface area contributed by atoms with Crippen molar-refractivity contribution in [2.75, 3.05) is 60.7 Å². The van der Waals surface area contributed by atoms with Gasteiger partial charge in [-0.25, -0.2) is 0 Å². The molecule has 0 spiro atoms. The second kappa shape index (κ2) is 11.4. The summed E-state index contributed by atoms with van der Waals surface area (Å²) >= 11 is 0. The van der Waals surface area contributed by atoms with Gasteiger partial charge in [-0.2, -0.15) is 0 Å². The van der Waals surface area contributed by atoms with E-state index in [1.165, 1.54) is 32.1 Å². The van der Waals surface area contributed by atoms with E-state index in [-0.39, 0.29) is 5.54 Å². The van der Waals surface area contributed by atoms with Gasteiger partial charge in [-0.15, -0.1) is 0 Å². The molecule has 30 heavy (non-hydrogen) atoms. The van der Waals surface area contributed by atoms with Crippen LogP contribution in [0.1, 0.15) is 37.7 Å². The summed E-state index contributed by atoms with van der Waals surface area (Å²) in [7, 11) is 5.23. The first-order valence-electron chi connectivity index (χ1n) is 11.2. The van der Waals surface area contributed by atoms with E-state index >= 15 is 0 Å². The molecule has 0 bridgehead atoms. The van der Waals surface area contributed by atoms with Crippen LogP contribution < -0.4 is 20.1 Å². The van der Waals surface area contributed by atoms with Crippen LogP contribution in [0.5, 0.6) is 11.5 Å². The average Bonchev–Trinajstić information content (AvgIpc) is 2.82. The normalized spacial score (nSPS) is 19.9. The zero-order valence-electron chi connectivity index (χ0n) is 18.8. The molecule has 2 N–H and O–H groups in total. The summed E-state index contributed by atoms with van der Waals surface area (Å²) < 4.78 is 16.4. The smallest absolute Gasteiger partial charge is 0.191 e. The molecule has 1 aliphatic carbocycles. The van der Waals surface area contributed by atoms with Crippen LogP contribution in [0.15, 0.2) is 23.2 Å². The Morgan fingerprint density at radius 3 is 2.53 bits per heavy atom. The number of aliphatic imine (C=N–C) groups is 1. The zero-order chi connectivity index (χ0) is 21.2. The van der Waals surface area contributed by atoms with Crippen LogP contribution in [-0.2, 0) is 11.2 Å². The van der Waals surface area contributed by atoms with E-state index in [9.17, 15) is 0 Å². The molecule has 7 nitrogen and oxygen atoms in total. The second-order valence-corrected chi connectivity index (χ2v) is 8.16. The highest BCUT2D eigenvalue weighted by Crippen LogP contribution is 2.33. The van der Waals surface area contributed by atoms with E-state index in [1.54, 1.807) is 14.2 Å². The number of hydrogen-bond donors (Lipinski definition) is 2. The van der Waals surface area contributed by atoms with E-state index in [0.29, 0.717) is 0 Å². The van der Waals surface area contributed by atoms with Gasteiger partial charge in [0.05, 0.1) is 27.4 Å². The summed E-state index contributed by atoms with van der Waals surface area (Å²) in [6.07, 6.45) is 7.29. The zero-order valence-corrected chi connectivity index (χ0v) is 18.8. The van der Waals surface area contributed by atoms with Gasteiger partial charge < -0.3 is 24.8 Å². The maximum atomic E-state index is 5.60. The lowest BCUT2D eigenvalue weighted by Crippen LogP contribution is -2.60. The lowest BCUT2D eigenvalue weighted by Gasteiger charge is -2.48. The molecule has 0 aromatic heterocycles. The molecular weight excluding hydrogens is 380 g/mol. The second-order valence-electron chi connectivity index (χ2n) is 8.16. The van der Waals surface area contributed by atoms with Crippen LogP contribution in [-0.4, -0.2) is 77.1 Å². The van der Waals surface area contributed by atoms with Gasteiger partial charge in [0.25, 0.3) is 0 Å². The number of nitrogens with zero attached hydrogens (tertiary/aromatic N) is 2. The highest BCUT2D eigenvalue weighted by atomic mass is 16.5. The Balaban J connectivity index is 1.55. The molecule has 1 aromatic rings. The van der Waals surface area contributed by atoms with E-state index in [4.69, 9.17) is 14.2 Å². The fourth-order valence-electron chi connectivity index (χ4n) is 4.71. The highest BCUT2D eigenvalue weighted by Gasteiger charge is 2.38. The van der Waals surface area contributed by atoms with Crippen molar-refractivity contribution in [2.24, 2.45) is 4.99 Å². The van der Waals surface area contributed by atoms with Crippen molar-refractivity contribution in [3.63, 3.8) is 0 Å². The predicted octanol–water partition coefficient (Wildman–Crippen LogP) is 2.45. The van der Waals surface area contributed by atoms with Crippen LogP contribution in [0.4, 0.5) is 0 Å². The van der Waals surface area contributed by atoms with E-state index in [1.807, 2.05) is 25.2 Å². The maximum absolute atomic E-state index is 5.60. The lowest BCUT2D eigenvalue weighted by atomic mass is 9.80. The molecule has 7 heteroatoms. The summed E-state index contributed by atoms with van der Waals surface area (Å²) in [6, 6.07) is 5.91. The maximum Gasteiger partial charge on any atom is 0.191 e. The highest BCUT2D eigenvalue weighted by molar-refractivity contribution is 5.79. The van der Waals surface area contributed by atoms with Crippen LogP contribution in [0, 0.1) is 0 Å². The Hall–Kier alpha value is -1.99. The molecule has 0 atom stereocenters. The number of nitrogens with one attached hydrogen (secondary N) is 2. The third-order valence-electron chi connectivity index (χ3n) is 6.45. The number of benzene rings is 1. The number of methoxy groups -OCH3 is 2. The molecule has 1 aromatic carbocycles. The number of rotatable bonds is 8. The summed E-state index contributed by atoms with van der Waals surface area (Å²) in [5, 5.41) is 7.08. The van der Waals surface area contributed by atoms with Crippen molar-refractivity contribution in [2.45, 2.75) is 44.1 Å². The molecule has 1 saturated heterocycles. The average molecular weight is 419 g/mol. The Kier molecular flexibility index (Phi) is 8.63. The number of ether oxygens (including phenoxy) is 3. The first-order valence-corrected chi connectivity index (χ1v) is 11.2. The van der Waals surface area contributed by atoms with Gasteiger partial charge in [0.15, 0.2) is 5.96 Å². The van der Waals surface area contributed by atoms with Crippen molar-refractivity contribution >= 4 is 5.96 Å². The largest absolute Gasteiger partial charge is 0.497 e. The fraction of sp³-hybridized carbons (Fsp3) is 0.696. The van der Waals surface area contributed by atoms with Crippen molar-refractivity contribution in [1.29, 1.82) is 0 Å². The Morgan fingerprint density at radius 2 is 1.87 bits per heavy atom. The monoisotopic (exact) mass is 418 g/mol. The quantitative estimate of drug-likeness (QED) is 0.499. The first kappa shape index (κ1) is 22.7. The molecule has 0 amide bonds. The third-order valence-corrected chi connectivity index (χ3v) is 6.45. The van der Waals surface area contributed by atoms with E-state index in [0.717, 1.165) is 68.8 Å². The van der Waals surface area contributed by atoms with Crippen molar-refractivity contribution in [3.05, 3.63) is 23.8 Å². The summed E-state index contributed by atoms with van der Waals surface area (Å²) in [4.78, 5) is 7.10. The molecule has 2 fully saturated rings. The minimum atomic E-state index is 0.218. The van der Waals surface area contributed by atoms with Gasteiger partial charge in [0.1, 0.15) is 11.5 Å². The summed E-state index contributed by atoms with van der Waals surface area (Å²) in [6.45, 7) is 5.45. The molecule has 0 unspecified atom stereocenters. The van der Waals surface area contributed by atoms with Gasteiger partial charge >= 0.3 is 0 Å². The molecule has 1 aliphatic heterocycles. The van der Waals surface area contributed by atoms with Crippen LogP contribution in [0.25, 0.3) is 0 Å². The topological polar surface area (TPSA) is 67.4 Å².